The van der Waals surface area contributed by atoms with Crippen LogP contribution < -0.4 is 10.6 Å². The number of amides is 2. The van der Waals surface area contributed by atoms with Crippen LogP contribution in [-0.2, 0) is 9.59 Å². The molecule has 0 spiro atoms. The molecule has 0 saturated carbocycles. The van der Waals surface area contributed by atoms with Crippen LogP contribution in [0, 0.1) is 0 Å². The molecule has 0 bridgehead atoms. The average Bonchev–Trinajstić information content (AvgIpc) is 2.11. The van der Waals surface area contributed by atoms with Gasteiger partial charge in [0.2, 0.25) is 11.8 Å². The first kappa shape index (κ1) is 15.2. The van der Waals surface area contributed by atoms with Crippen molar-refractivity contribution in [3.05, 3.63) is 0 Å². The third kappa shape index (κ3) is 7.53. The lowest BCUT2D eigenvalue weighted by Crippen LogP contribution is -2.50. The summed E-state index contributed by atoms with van der Waals surface area (Å²) in [4.78, 5) is 22.4. The van der Waals surface area contributed by atoms with Gasteiger partial charge in [0, 0.05) is 12.7 Å². The second-order valence-electron chi connectivity index (χ2n) is 4.74. The SMILES string of the molecule is CC(=O)NC(CS)C(=O)NCC[N+](C)(C)C. The Hall–Kier alpha value is -0.750. The molecule has 6 heteroatoms. The standard InChI is InChI=1S/C10H21N3O2S/c1-8(14)12-9(7-16)10(15)11-5-6-13(2,3)4/h9H,5-7H2,1-4H3,(H2-,11,12,14,15,16)/p+1. The number of nitrogens with one attached hydrogen (secondary N) is 2. The van der Waals surface area contributed by atoms with Crippen LogP contribution in [0.1, 0.15) is 6.92 Å². The molecule has 0 saturated heterocycles. The minimum atomic E-state index is -0.548. The molecule has 0 aromatic carbocycles. The van der Waals surface area contributed by atoms with Gasteiger partial charge in [0.05, 0.1) is 34.2 Å². The normalized spacial score (nSPS) is 13.1. The number of thiol groups is 1. The Morgan fingerprint density at radius 3 is 2.25 bits per heavy atom. The highest BCUT2D eigenvalue weighted by atomic mass is 32.1. The van der Waals surface area contributed by atoms with Gasteiger partial charge in [0.15, 0.2) is 0 Å². The van der Waals surface area contributed by atoms with E-state index >= 15 is 0 Å². The lowest BCUT2D eigenvalue weighted by atomic mass is 10.3. The molecule has 0 aliphatic heterocycles. The first-order chi connectivity index (χ1) is 7.26. The van der Waals surface area contributed by atoms with Gasteiger partial charge in [0.25, 0.3) is 0 Å². The van der Waals surface area contributed by atoms with Crippen LogP contribution in [0.4, 0.5) is 0 Å². The van der Waals surface area contributed by atoms with Gasteiger partial charge in [0.1, 0.15) is 6.04 Å². The number of quaternary nitrogens is 1. The molecule has 0 heterocycles. The average molecular weight is 248 g/mol. The largest absolute Gasteiger partial charge is 0.349 e. The van der Waals surface area contributed by atoms with Crippen molar-refractivity contribution in [2.24, 2.45) is 0 Å². The second kappa shape index (κ2) is 6.75. The summed E-state index contributed by atoms with van der Waals surface area (Å²) in [5.74, 6) is -0.102. The fourth-order valence-electron chi connectivity index (χ4n) is 1.08. The van der Waals surface area contributed by atoms with E-state index in [-0.39, 0.29) is 11.8 Å². The van der Waals surface area contributed by atoms with Gasteiger partial charge in [-0.15, -0.1) is 0 Å². The lowest BCUT2D eigenvalue weighted by Gasteiger charge is -2.24. The number of hydrogen-bond acceptors (Lipinski definition) is 3. The maximum Gasteiger partial charge on any atom is 0.243 e. The smallest absolute Gasteiger partial charge is 0.243 e. The van der Waals surface area contributed by atoms with E-state index in [0.717, 1.165) is 11.0 Å². The monoisotopic (exact) mass is 248 g/mol. The van der Waals surface area contributed by atoms with E-state index in [0.29, 0.717) is 12.3 Å². The highest BCUT2D eigenvalue weighted by Gasteiger charge is 2.17. The predicted octanol–water partition coefficient (Wildman–Crippen LogP) is -0.757. The molecule has 5 nitrogen and oxygen atoms in total. The molecule has 16 heavy (non-hydrogen) atoms. The summed E-state index contributed by atoms with van der Waals surface area (Å²) >= 11 is 4.03. The van der Waals surface area contributed by atoms with Crippen molar-refractivity contribution in [3.63, 3.8) is 0 Å². The summed E-state index contributed by atoms with van der Waals surface area (Å²) < 4.78 is 0.784. The highest BCUT2D eigenvalue weighted by Crippen LogP contribution is 1.90. The lowest BCUT2D eigenvalue weighted by molar-refractivity contribution is -0.869. The van der Waals surface area contributed by atoms with Crippen LogP contribution in [-0.4, -0.2) is 62.3 Å². The third-order valence-corrected chi connectivity index (χ3v) is 2.32. The highest BCUT2D eigenvalue weighted by molar-refractivity contribution is 7.80. The molecule has 0 radical (unpaired) electrons. The zero-order chi connectivity index (χ0) is 12.8. The molecule has 0 aromatic rings. The van der Waals surface area contributed by atoms with Crippen molar-refractivity contribution in [1.82, 2.24) is 10.6 Å². The van der Waals surface area contributed by atoms with Gasteiger partial charge in [-0.3, -0.25) is 9.59 Å². The minimum Gasteiger partial charge on any atom is -0.349 e. The first-order valence-corrected chi connectivity index (χ1v) is 5.85. The van der Waals surface area contributed by atoms with Crippen LogP contribution in [0.15, 0.2) is 0 Å². The molecule has 94 valence electrons. The molecule has 0 aliphatic carbocycles. The Kier molecular flexibility index (Phi) is 6.43. The molecular weight excluding hydrogens is 226 g/mol. The number of likely N-dealkylation sites (N-methyl/N-ethyl adjacent to an activating group) is 1. The number of carbonyl (C=O) groups excluding carboxylic acids is 2. The molecule has 0 aromatic heterocycles. The van der Waals surface area contributed by atoms with Crippen molar-refractivity contribution in [1.29, 1.82) is 0 Å². The first-order valence-electron chi connectivity index (χ1n) is 5.22. The Morgan fingerprint density at radius 1 is 1.31 bits per heavy atom. The number of hydrogen-bond donors (Lipinski definition) is 3. The summed E-state index contributed by atoms with van der Waals surface area (Å²) in [5, 5.41) is 5.32. The van der Waals surface area contributed by atoms with Gasteiger partial charge in [-0.05, 0) is 0 Å². The van der Waals surface area contributed by atoms with E-state index < -0.39 is 6.04 Å². The van der Waals surface area contributed by atoms with E-state index in [1.54, 1.807) is 0 Å². The van der Waals surface area contributed by atoms with Crippen LogP contribution in [0.5, 0.6) is 0 Å². The zero-order valence-corrected chi connectivity index (χ0v) is 11.3. The third-order valence-electron chi connectivity index (χ3n) is 1.96. The van der Waals surface area contributed by atoms with Crippen molar-refractivity contribution < 1.29 is 14.1 Å². The van der Waals surface area contributed by atoms with Crippen LogP contribution >= 0.6 is 12.6 Å². The number of carbonyl (C=O) groups is 2. The minimum absolute atomic E-state index is 0.182. The quantitative estimate of drug-likeness (QED) is 0.428. The number of nitrogens with zero attached hydrogens (tertiary/aromatic N) is 1. The molecule has 1 atom stereocenters. The Labute approximate surface area is 103 Å². The van der Waals surface area contributed by atoms with E-state index in [4.69, 9.17) is 0 Å². The van der Waals surface area contributed by atoms with Gasteiger partial charge >= 0.3 is 0 Å². The summed E-state index contributed by atoms with van der Waals surface area (Å²) in [6.45, 7) is 2.81. The molecule has 2 N–H and O–H groups in total. The topological polar surface area (TPSA) is 58.2 Å². The molecule has 0 rings (SSSR count). The Bertz CT molecular complexity index is 251. The predicted molar refractivity (Wildman–Crippen MR) is 67.4 cm³/mol. The molecule has 2 amide bonds. The van der Waals surface area contributed by atoms with Crippen molar-refractivity contribution >= 4 is 24.4 Å². The van der Waals surface area contributed by atoms with Gasteiger partial charge < -0.3 is 15.1 Å². The van der Waals surface area contributed by atoms with E-state index in [2.05, 4.69) is 44.4 Å². The van der Waals surface area contributed by atoms with Crippen LogP contribution in [0.25, 0.3) is 0 Å². The summed E-state index contributed by atoms with van der Waals surface area (Å²) in [6, 6.07) is -0.548. The maximum absolute atomic E-state index is 11.6. The molecular formula is C10H22N3O2S+. The van der Waals surface area contributed by atoms with E-state index in [1.807, 2.05) is 0 Å². The van der Waals surface area contributed by atoms with Crippen molar-refractivity contribution in [2.45, 2.75) is 13.0 Å². The van der Waals surface area contributed by atoms with E-state index in [9.17, 15) is 9.59 Å². The van der Waals surface area contributed by atoms with Crippen molar-refractivity contribution in [3.8, 4) is 0 Å². The van der Waals surface area contributed by atoms with Crippen molar-refractivity contribution in [2.75, 3.05) is 40.0 Å². The van der Waals surface area contributed by atoms with Gasteiger partial charge in [-0.2, -0.15) is 12.6 Å². The Balaban J connectivity index is 3.98. The molecule has 0 aliphatic rings. The van der Waals surface area contributed by atoms with Crippen LogP contribution in [0.2, 0.25) is 0 Å². The second-order valence-corrected chi connectivity index (χ2v) is 5.11. The summed E-state index contributed by atoms with van der Waals surface area (Å²) in [6.07, 6.45) is 0. The fourth-order valence-corrected chi connectivity index (χ4v) is 1.33. The molecule has 1 unspecified atom stereocenters. The Morgan fingerprint density at radius 2 is 1.88 bits per heavy atom. The van der Waals surface area contributed by atoms with Gasteiger partial charge in [-0.25, -0.2) is 0 Å². The zero-order valence-electron chi connectivity index (χ0n) is 10.4. The summed E-state index contributed by atoms with van der Waals surface area (Å²) in [5.41, 5.74) is 0. The van der Waals surface area contributed by atoms with E-state index in [1.165, 1.54) is 6.92 Å². The molecule has 0 fully saturated rings. The maximum atomic E-state index is 11.6. The van der Waals surface area contributed by atoms with Crippen LogP contribution in [0.3, 0.4) is 0 Å². The van der Waals surface area contributed by atoms with Gasteiger partial charge in [-0.1, -0.05) is 0 Å². The number of rotatable bonds is 6. The fraction of sp³-hybridized carbons (Fsp3) is 0.800. The summed E-state index contributed by atoms with van der Waals surface area (Å²) in [7, 11) is 6.15.